The first kappa shape index (κ1) is 16.7. The maximum Gasteiger partial charge on any atom is 0.281 e. The van der Waals surface area contributed by atoms with E-state index in [1.54, 1.807) is 29.5 Å². The van der Waals surface area contributed by atoms with Crippen LogP contribution in [0.2, 0.25) is 5.02 Å². The van der Waals surface area contributed by atoms with Gasteiger partial charge in [-0.05, 0) is 43.3 Å². The van der Waals surface area contributed by atoms with Crippen LogP contribution >= 0.6 is 22.9 Å². The lowest BCUT2D eigenvalue weighted by Gasteiger charge is -2.02. The summed E-state index contributed by atoms with van der Waals surface area (Å²) in [5.41, 5.74) is 0.356. The van der Waals surface area contributed by atoms with Crippen molar-refractivity contribution >= 4 is 28.6 Å². The normalized spacial score (nSPS) is 10.9. The Hall–Kier alpha value is -2.15. The first-order valence-corrected chi connectivity index (χ1v) is 8.51. The van der Waals surface area contributed by atoms with Gasteiger partial charge in [-0.25, -0.2) is 0 Å². The van der Waals surface area contributed by atoms with Gasteiger partial charge in [0.15, 0.2) is 0 Å². The van der Waals surface area contributed by atoms with Crippen LogP contribution in [0, 0.1) is 17.0 Å². The third kappa shape index (κ3) is 3.84. The predicted molar refractivity (Wildman–Crippen MR) is 95.4 cm³/mol. The molecule has 0 bridgehead atoms. The molecule has 1 aromatic carbocycles. The van der Waals surface area contributed by atoms with Gasteiger partial charge in [-0.15, -0.1) is 11.3 Å². The predicted octanol–water partition coefficient (Wildman–Crippen LogP) is 5.17. The second kappa shape index (κ2) is 7.17. The van der Waals surface area contributed by atoms with Crippen LogP contribution in [0.1, 0.15) is 15.5 Å². The number of thiophene rings is 1. The minimum atomic E-state index is -0.458. The van der Waals surface area contributed by atoms with Gasteiger partial charge in [0.2, 0.25) is 0 Å². The molecule has 1 N–H and O–H groups in total. The zero-order valence-electron chi connectivity index (χ0n) is 12.9. The largest absolute Gasteiger partial charge is 0.459 e. The van der Waals surface area contributed by atoms with Crippen molar-refractivity contribution in [2.45, 2.75) is 20.0 Å². The SMILES string of the molecule is Cc1ccc(CNCc2ccc(-c3ccc(Cl)cc3[N+](=O)[O-])o2)s1. The molecule has 0 fully saturated rings. The monoisotopic (exact) mass is 362 g/mol. The average molecular weight is 363 g/mol. The topological polar surface area (TPSA) is 68.3 Å². The van der Waals surface area contributed by atoms with Gasteiger partial charge < -0.3 is 9.73 Å². The van der Waals surface area contributed by atoms with E-state index in [0.717, 1.165) is 12.3 Å². The molecule has 124 valence electrons. The van der Waals surface area contributed by atoms with Crippen LogP contribution in [0.15, 0.2) is 46.9 Å². The lowest BCUT2D eigenvalue weighted by molar-refractivity contribution is -0.384. The Morgan fingerprint density at radius 1 is 1.21 bits per heavy atom. The number of hydrogen-bond donors (Lipinski definition) is 1. The van der Waals surface area contributed by atoms with E-state index >= 15 is 0 Å². The van der Waals surface area contributed by atoms with E-state index in [1.807, 2.05) is 6.07 Å². The summed E-state index contributed by atoms with van der Waals surface area (Å²) in [6.45, 7) is 3.39. The van der Waals surface area contributed by atoms with Gasteiger partial charge in [0.05, 0.1) is 17.0 Å². The molecule has 0 atom stereocenters. The zero-order chi connectivity index (χ0) is 17.1. The summed E-state index contributed by atoms with van der Waals surface area (Å²) in [4.78, 5) is 13.3. The molecule has 0 aliphatic carbocycles. The van der Waals surface area contributed by atoms with Crippen LogP contribution in [0.4, 0.5) is 5.69 Å². The fourth-order valence-electron chi connectivity index (χ4n) is 2.37. The number of hydrogen-bond acceptors (Lipinski definition) is 5. The molecule has 24 heavy (non-hydrogen) atoms. The van der Waals surface area contributed by atoms with Crippen molar-refractivity contribution in [3.05, 3.63) is 73.1 Å². The number of halogens is 1. The van der Waals surface area contributed by atoms with Gasteiger partial charge in [-0.1, -0.05) is 11.6 Å². The van der Waals surface area contributed by atoms with Gasteiger partial charge in [0, 0.05) is 27.4 Å². The van der Waals surface area contributed by atoms with Crippen LogP contribution in [0.3, 0.4) is 0 Å². The Kier molecular flexibility index (Phi) is 4.99. The molecule has 0 aliphatic rings. The van der Waals surface area contributed by atoms with Gasteiger partial charge in [-0.2, -0.15) is 0 Å². The number of benzene rings is 1. The van der Waals surface area contributed by atoms with Gasteiger partial charge >= 0.3 is 0 Å². The molecule has 0 amide bonds. The summed E-state index contributed by atoms with van der Waals surface area (Å²) in [6.07, 6.45) is 0. The van der Waals surface area contributed by atoms with Crippen molar-refractivity contribution in [3.8, 4) is 11.3 Å². The third-order valence-electron chi connectivity index (χ3n) is 3.48. The first-order chi connectivity index (χ1) is 11.5. The molecule has 2 aromatic heterocycles. The average Bonchev–Trinajstić information content (AvgIpc) is 3.16. The summed E-state index contributed by atoms with van der Waals surface area (Å²) in [5.74, 6) is 1.18. The highest BCUT2D eigenvalue weighted by atomic mass is 35.5. The van der Waals surface area contributed by atoms with E-state index in [-0.39, 0.29) is 5.69 Å². The molecule has 3 rings (SSSR count). The molecular formula is C17H15ClN2O3S. The highest BCUT2D eigenvalue weighted by molar-refractivity contribution is 7.11. The van der Waals surface area contributed by atoms with Crippen LogP contribution in [-0.2, 0) is 13.1 Å². The van der Waals surface area contributed by atoms with Crippen molar-refractivity contribution in [1.82, 2.24) is 5.32 Å². The molecule has 2 heterocycles. The Balaban J connectivity index is 1.70. The van der Waals surface area contributed by atoms with E-state index in [4.69, 9.17) is 16.0 Å². The number of aryl methyl sites for hydroxylation is 1. The molecule has 0 saturated carbocycles. The van der Waals surface area contributed by atoms with Crippen molar-refractivity contribution in [1.29, 1.82) is 0 Å². The van der Waals surface area contributed by atoms with Crippen molar-refractivity contribution in [2.75, 3.05) is 0 Å². The fourth-order valence-corrected chi connectivity index (χ4v) is 3.40. The molecule has 0 saturated heterocycles. The molecule has 3 aromatic rings. The van der Waals surface area contributed by atoms with Crippen molar-refractivity contribution in [2.24, 2.45) is 0 Å². The summed E-state index contributed by atoms with van der Waals surface area (Å²) >= 11 is 7.59. The van der Waals surface area contributed by atoms with Gasteiger partial charge in [-0.3, -0.25) is 10.1 Å². The van der Waals surface area contributed by atoms with E-state index in [9.17, 15) is 10.1 Å². The van der Waals surface area contributed by atoms with Crippen molar-refractivity contribution < 1.29 is 9.34 Å². The van der Waals surface area contributed by atoms with Crippen molar-refractivity contribution in [3.63, 3.8) is 0 Å². The van der Waals surface area contributed by atoms with Crippen LogP contribution in [-0.4, -0.2) is 4.92 Å². The standard InChI is InChI=1S/C17H15ClN2O3S/c1-11-2-5-14(24-11)10-19-9-13-4-7-17(23-13)15-6-3-12(18)8-16(15)20(21)22/h2-8,19H,9-10H2,1H3. The minimum absolute atomic E-state index is 0.0644. The third-order valence-corrected chi connectivity index (χ3v) is 4.71. The maximum atomic E-state index is 11.2. The van der Waals surface area contributed by atoms with Crippen LogP contribution in [0.25, 0.3) is 11.3 Å². The van der Waals surface area contributed by atoms with Crippen LogP contribution in [0.5, 0.6) is 0 Å². The molecule has 5 nitrogen and oxygen atoms in total. The summed E-state index contributed by atoms with van der Waals surface area (Å²) in [6, 6.07) is 12.3. The van der Waals surface area contributed by atoms with E-state index in [2.05, 4.69) is 24.4 Å². The quantitative estimate of drug-likeness (QED) is 0.485. The minimum Gasteiger partial charge on any atom is -0.459 e. The lowest BCUT2D eigenvalue weighted by atomic mass is 10.1. The fraction of sp³-hybridized carbons (Fsp3) is 0.176. The van der Waals surface area contributed by atoms with Gasteiger partial charge in [0.1, 0.15) is 11.5 Å². The molecule has 0 unspecified atom stereocenters. The highest BCUT2D eigenvalue weighted by Gasteiger charge is 2.18. The molecule has 7 heteroatoms. The Labute approximate surface area is 148 Å². The summed E-state index contributed by atoms with van der Waals surface area (Å²) in [7, 11) is 0. The second-order valence-electron chi connectivity index (χ2n) is 5.30. The number of rotatable bonds is 6. The second-order valence-corrected chi connectivity index (χ2v) is 7.11. The maximum absolute atomic E-state index is 11.2. The highest BCUT2D eigenvalue weighted by Crippen LogP contribution is 2.33. The number of furan rings is 1. The van der Waals surface area contributed by atoms with Crippen LogP contribution < -0.4 is 5.32 Å². The Bertz CT molecular complexity index is 872. The smallest absolute Gasteiger partial charge is 0.281 e. The first-order valence-electron chi connectivity index (χ1n) is 7.32. The molecule has 0 aliphatic heterocycles. The summed E-state index contributed by atoms with van der Waals surface area (Å²) < 4.78 is 5.74. The van der Waals surface area contributed by atoms with E-state index in [0.29, 0.717) is 22.9 Å². The molecule has 0 spiro atoms. The lowest BCUT2D eigenvalue weighted by Crippen LogP contribution is -2.10. The number of nitro groups is 1. The van der Waals surface area contributed by atoms with E-state index in [1.165, 1.54) is 15.8 Å². The zero-order valence-corrected chi connectivity index (χ0v) is 14.5. The van der Waals surface area contributed by atoms with E-state index < -0.39 is 4.92 Å². The number of nitrogens with zero attached hydrogens (tertiary/aromatic N) is 1. The number of nitro benzene ring substituents is 1. The Morgan fingerprint density at radius 3 is 2.75 bits per heavy atom. The van der Waals surface area contributed by atoms with Gasteiger partial charge in [0.25, 0.3) is 5.69 Å². The molecule has 0 radical (unpaired) electrons. The summed E-state index contributed by atoms with van der Waals surface area (Å²) in [5, 5.41) is 14.8. The Morgan fingerprint density at radius 2 is 2.04 bits per heavy atom. The molecular weight excluding hydrogens is 348 g/mol. The number of nitrogens with one attached hydrogen (secondary N) is 1.